The number of nitrogens with zero attached hydrogens (tertiary/aromatic N) is 1. The molecule has 2 aliphatic heterocycles. The molecule has 0 bridgehead atoms. The van der Waals surface area contributed by atoms with Gasteiger partial charge in [-0.1, -0.05) is 0 Å². The summed E-state index contributed by atoms with van der Waals surface area (Å²) in [5, 5.41) is 3.51. The van der Waals surface area contributed by atoms with Gasteiger partial charge < -0.3 is 14.6 Å². The summed E-state index contributed by atoms with van der Waals surface area (Å²) in [5.41, 5.74) is 1.81. The van der Waals surface area contributed by atoms with E-state index in [4.69, 9.17) is 4.74 Å². The normalized spacial score (nSPS) is 36.2. The fraction of sp³-hybridized carbons (Fsp3) is 0.636. The molecule has 3 heteroatoms. The Kier molecular flexibility index (Phi) is 1.73. The van der Waals surface area contributed by atoms with Gasteiger partial charge in [-0.15, -0.1) is 0 Å². The van der Waals surface area contributed by atoms with Gasteiger partial charge in [-0.25, -0.2) is 0 Å². The van der Waals surface area contributed by atoms with Gasteiger partial charge in [-0.3, -0.25) is 0 Å². The summed E-state index contributed by atoms with van der Waals surface area (Å²) in [4.78, 5) is 0. The molecule has 2 saturated heterocycles. The smallest absolute Gasteiger partial charge is 0.0553 e. The van der Waals surface area contributed by atoms with Crippen LogP contribution in [0.15, 0.2) is 18.5 Å². The SMILES string of the molecule is Cn1ccc([C@@H]2NC[C@]23CCOC3)c1. The van der Waals surface area contributed by atoms with Gasteiger partial charge in [0.2, 0.25) is 0 Å². The third-order valence-electron chi connectivity index (χ3n) is 3.59. The second kappa shape index (κ2) is 2.84. The fourth-order valence-electron chi connectivity index (χ4n) is 2.65. The number of nitrogens with one attached hydrogen (secondary N) is 1. The lowest BCUT2D eigenvalue weighted by atomic mass is 9.71. The van der Waals surface area contributed by atoms with E-state index in [0.29, 0.717) is 11.5 Å². The van der Waals surface area contributed by atoms with E-state index >= 15 is 0 Å². The lowest BCUT2D eigenvalue weighted by molar-refractivity contribution is 0.0577. The molecule has 3 rings (SSSR count). The van der Waals surface area contributed by atoms with Crippen LogP contribution in [0.2, 0.25) is 0 Å². The molecule has 2 fully saturated rings. The summed E-state index contributed by atoms with van der Waals surface area (Å²) < 4.78 is 7.62. The number of hydrogen-bond acceptors (Lipinski definition) is 2. The van der Waals surface area contributed by atoms with Crippen LogP contribution in [0.5, 0.6) is 0 Å². The minimum absolute atomic E-state index is 0.404. The molecule has 0 saturated carbocycles. The number of aryl methyl sites for hydroxylation is 1. The average molecular weight is 192 g/mol. The van der Waals surface area contributed by atoms with Gasteiger partial charge in [-0.2, -0.15) is 0 Å². The largest absolute Gasteiger partial charge is 0.381 e. The maximum Gasteiger partial charge on any atom is 0.0553 e. The van der Waals surface area contributed by atoms with Crippen LogP contribution < -0.4 is 5.32 Å². The molecule has 1 aromatic heterocycles. The highest BCUT2D eigenvalue weighted by atomic mass is 16.5. The first kappa shape index (κ1) is 8.50. The molecule has 0 unspecified atom stereocenters. The molecule has 0 amide bonds. The van der Waals surface area contributed by atoms with Crippen molar-refractivity contribution < 1.29 is 4.74 Å². The Bertz CT molecular complexity index is 339. The Hall–Kier alpha value is -0.800. The second-order valence-corrected chi connectivity index (χ2v) is 4.59. The van der Waals surface area contributed by atoms with Crippen LogP contribution in [0.3, 0.4) is 0 Å². The minimum Gasteiger partial charge on any atom is -0.381 e. The van der Waals surface area contributed by atoms with Crippen LogP contribution >= 0.6 is 0 Å². The Morgan fingerprint density at radius 2 is 2.57 bits per heavy atom. The third-order valence-corrected chi connectivity index (χ3v) is 3.59. The lowest BCUT2D eigenvalue weighted by Gasteiger charge is -2.47. The zero-order valence-electron chi connectivity index (χ0n) is 8.49. The molecule has 0 radical (unpaired) electrons. The van der Waals surface area contributed by atoms with E-state index in [2.05, 4.69) is 35.4 Å². The first-order valence-electron chi connectivity index (χ1n) is 5.23. The Morgan fingerprint density at radius 1 is 1.64 bits per heavy atom. The lowest BCUT2D eigenvalue weighted by Crippen LogP contribution is -2.56. The Morgan fingerprint density at radius 3 is 3.07 bits per heavy atom. The number of aromatic nitrogens is 1. The van der Waals surface area contributed by atoms with Crippen LogP contribution in [-0.4, -0.2) is 24.3 Å². The summed E-state index contributed by atoms with van der Waals surface area (Å²) in [7, 11) is 2.07. The van der Waals surface area contributed by atoms with E-state index in [-0.39, 0.29) is 0 Å². The molecule has 0 aliphatic carbocycles. The van der Waals surface area contributed by atoms with Crippen molar-refractivity contribution in [2.75, 3.05) is 19.8 Å². The Balaban J connectivity index is 1.86. The maximum atomic E-state index is 5.51. The zero-order chi connectivity index (χ0) is 9.60. The molecule has 0 aromatic carbocycles. The highest BCUT2D eigenvalue weighted by Gasteiger charge is 2.49. The summed E-state index contributed by atoms with van der Waals surface area (Å²) in [6.07, 6.45) is 5.52. The monoisotopic (exact) mass is 192 g/mol. The molecule has 1 N–H and O–H groups in total. The standard InChI is InChI=1S/C11H16N2O/c1-13-4-2-9(6-13)10-11(7-12-10)3-5-14-8-11/h2,4,6,10,12H,3,5,7-8H2,1H3/t10-,11-/m0/s1. The first-order valence-corrected chi connectivity index (χ1v) is 5.23. The van der Waals surface area contributed by atoms with Gasteiger partial charge in [0.1, 0.15) is 0 Å². The van der Waals surface area contributed by atoms with Crippen LogP contribution in [0, 0.1) is 5.41 Å². The van der Waals surface area contributed by atoms with Crippen molar-refractivity contribution in [3.8, 4) is 0 Å². The maximum absolute atomic E-state index is 5.51. The molecule has 1 aromatic rings. The quantitative estimate of drug-likeness (QED) is 0.720. The van der Waals surface area contributed by atoms with Gasteiger partial charge in [0.05, 0.1) is 6.61 Å². The molecule has 14 heavy (non-hydrogen) atoms. The zero-order valence-corrected chi connectivity index (χ0v) is 8.49. The van der Waals surface area contributed by atoms with Gasteiger partial charge in [0.25, 0.3) is 0 Å². The fourth-order valence-corrected chi connectivity index (χ4v) is 2.65. The second-order valence-electron chi connectivity index (χ2n) is 4.59. The highest BCUT2D eigenvalue weighted by Crippen LogP contribution is 2.46. The number of rotatable bonds is 1. The molecule has 76 valence electrons. The predicted octanol–water partition coefficient (Wildman–Crippen LogP) is 1.08. The third kappa shape index (κ3) is 1.06. The van der Waals surface area contributed by atoms with Crippen molar-refractivity contribution in [1.29, 1.82) is 0 Å². The van der Waals surface area contributed by atoms with E-state index in [1.54, 1.807) is 0 Å². The van der Waals surface area contributed by atoms with Gasteiger partial charge in [-0.05, 0) is 18.1 Å². The van der Waals surface area contributed by atoms with Crippen molar-refractivity contribution in [2.45, 2.75) is 12.5 Å². The molecule has 2 atom stereocenters. The van der Waals surface area contributed by atoms with Crippen LogP contribution in [0.4, 0.5) is 0 Å². The summed E-state index contributed by atoms with van der Waals surface area (Å²) in [6, 6.07) is 2.72. The minimum atomic E-state index is 0.404. The van der Waals surface area contributed by atoms with Crippen molar-refractivity contribution in [1.82, 2.24) is 9.88 Å². The summed E-state index contributed by atoms with van der Waals surface area (Å²) in [5.74, 6) is 0. The molecule has 3 heterocycles. The van der Waals surface area contributed by atoms with Gasteiger partial charge >= 0.3 is 0 Å². The molecular formula is C11H16N2O. The average Bonchev–Trinajstić information content (AvgIpc) is 2.73. The topological polar surface area (TPSA) is 26.2 Å². The number of ether oxygens (including phenoxy) is 1. The first-order chi connectivity index (χ1) is 6.80. The van der Waals surface area contributed by atoms with E-state index in [1.807, 2.05) is 0 Å². The highest BCUT2D eigenvalue weighted by molar-refractivity contribution is 5.23. The van der Waals surface area contributed by atoms with Crippen LogP contribution in [-0.2, 0) is 11.8 Å². The van der Waals surface area contributed by atoms with Crippen molar-refractivity contribution in [2.24, 2.45) is 12.5 Å². The van der Waals surface area contributed by atoms with Gasteiger partial charge in [0.15, 0.2) is 0 Å². The summed E-state index contributed by atoms with van der Waals surface area (Å²) >= 11 is 0. The van der Waals surface area contributed by atoms with Gasteiger partial charge in [0, 0.05) is 44.0 Å². The van der Waals surface area contributed by atoms with E-state index in [0.717, 1.165) is 19.8 Å². The predicted molar refractivity (Wildman–Crippen MR) is 54.0 cm³/mol. The van der Waals surface area contributed by atoms with Crippen molar-refractivity contribution in [3.05, 3.63) is 24.0 Å². The van der Waals surface area contributed by atoms with E-state index in [1.165, 1.54) is 12.0 Å². The van der Waals surface area contributed by atoms with Crippen molar-refractivity contribution >= 4 is 0 Å². The Labute approximate surface area is 84.1 Å². The van der Waals surface area contributed by atoms with E-state index < -0.39 is 0 Å². The molecular weight excluding hydrogens is 176 g/mol. The molecule has 2 aliphatic rings. The number of hydrogen-bond donors (Lipinski definition) is 1. The van der Waals surface area contributed by atoms with Crippen LogP contribution in [0.1, 0.15) is 18.0 Å². The molecule has 3 nitrogen and oxygen atoms in total. The van der Waals surface area contributed by atoms with Crippen LogP contribution in [0.25, 0.3) is 0 Å². The van der Waals surface area contributed by atoms with Crippen molar-refractivity contribution in [3.63, 3.8) is 0 Å². The molecule has 1 spiro atoms. The van der Waals surface area contributed by atoms with E-state index in [9.17, 15) is 0 Å². The summed E-state index contributed by atoms with van der Waals surface area (Å²) in [6.45, 7) is 2.98.